The molecule has 28 heavy (non-hydrogen) atoms. The number of hydrogen-bond donors (Lipinski definition) is 1. The number of carbonyl (C=O) groups excluding carboxylic acids is 1. The number of amides is 1. The molecule has 1 aromatic carbocycles. The summed E-state index contributed by atoms with van der Waals surface area (Å²) >= 11 is 6.26. The third-order valence-electron chi connectivity index (χ3n) is 4.34. The predicted octanol–water partition coefficient (Wildman–Crippen LogP) is 2.48. The quantitative estimate of drug-likeness (QED) is 0.595. The van der Waals surface area contributed by atoms with E-state index >= 15 is 0 Å². The molecule has 2 aliphatic heterocycles. The second-order valence-electron chi connectivity index (χ2n) is 7.73. The number of piperazine rings is 1. The number of guanidine groups is 1. The van der Waals surface area contributed by atoms with Crippen LogP contribution in [0.5, 0.6) is 11.5 Å². The highest BCUT2D eigenvalue weighted by Crippen LogP contribution is 2.38. The summed E-state index contributed by atoms with van der Waals surface area (Å²) < 4.78 is 16.5. The van der Waals surface area contributed by atoms with Gasteiger partial charge in [0.2, 0.25) is 0 Å². The Bertz CT molecular complexity index is 755. The first kappa shape index (κ1) is 20.4. The van der Waals surface area contributed by atoms with Gasteiger partial charge in [0.05, 0.1) is 11.6 Å². The molecule has 0 spiro atoms. The summed E-state index contributed by atoms with van der Waals surface area (Å²) in [4.78, 5) is 20.3. The van der Waals surface area contributed by atoms with E-state index in [4.69, 9.17) is 31.5 Å². The van der Waals surface area contributed by atoms with Crippen LogP contribution in [0.2, 0.25) is 5.02 Å². The van der Waals surface area contributed by atoms with Gasteiger partial charge < -0.3 is 29.7 Å². The number of rotatable bonds is 2. The summed E-state index contributed by atoms with van der Waals surface area (Å²) in [5.74, 6) is 1.65. The van der Waals surface area contributed by atoms with E-state index in [9.17, 15) is 4.79 Å². The van der Waals surface area contributed by atoms with Crippen molar-refractivity contribution in [1.82, 2.24) is 9.80 Å². The number of nitrogens with two attached hydrogens (primary N) is 1. The van der Waals surface area contributed by atoms with Crippen molar-refractivity contribution in [1.29, 1.82) is 0 Å². The Balaban J connectivity index is 1.55. The van der Waals surface area contributed by atoms with Crippen LogP contribution in [0, 0.1) is 0 Å². The molecular formula is C19H27ClN4O4. The Labute approximate surface area is 170 Å². The predicted molar refractivity (Wildman–Crippen MR) is 107 cm³/mol. The fourth-order valence-electron chi connectivity index (χ4n) is 2.97. The van der Waals surface area contributed by atoms with Gasteiger partial charge in [-0.25, -0.2) is 9.79 Å². The largest absolute Gasteiger partial charge is 0.486 e. The molecule has 0 atom stereocenters. The van der Waals surface area contributed by atoms with Crippen molar-refractivity contribution < 1.29 is 19.0 Å². The summed E-state index contributed by atoms with van der Waals surface area (Å²) in [5.41, 5.74) is 6.54. The van der Waals surface area contributed by atoms with Gasteiger partial charge in [0, 0.05) is 26.2 Å². The number of ether oxygens (including phenoxy) is 3. The van der Waals surface area contributed by atoms with Gasteiger partial charge in [-0.05, 0) is 38.5 Å². The maximum Gasteiger partial charge on any atom is 0.410 e. The first-order valence-corrected chi connectivity index (χ1v) is 9.71. The Morgan fingerprint density at radius 1 is 1.18 bits per heavy atom. The molecule has 1 aromatic rings. The van der Waals surface area contributed by atoms with Crippen molar-refractivity contribution in [3.8, 4) is 11.5 Å². The van der Waals surface area contributed by atoms with Gasteiger partial charge >= 0.3 is 6.09 Å². The number of benzene rings is 1. The van der Waals surface area contributed by atoms with Crippen LogP contribution < -0.4 is 15.2 Å². The molecule has 1 fully saturated rings. The molecule has 3 rings (SSSR count). The first-order chi connectivity index (χ1) is 13.2. The maximum absolute atomic E-state index is 12.1. The minimum absolute atomic E-state index is 0.298. The van der Waals surface area contributed by atoms with E-state index in [0.29, 0.717) is 68.4 Å². The van der Waals surface area contributed by atoms with Gasteiger partial charge in [-0.1, -0.05) is 11.6 Å². The average molecular weight is 411 g/mol. The topological polar surface area (TPSA) is 89.6 Å². The smallest absolute Gasteiger partial charge is 0.410 e. The van der Waals surface area contributed by atoms with Crippen molar-refractivity contribution in [2.24, 2.45) is 10.7 Å². The number of carbonyl (C=O) groups is 1. The Hall–Kier alpha value is -2.35. The SMILES string of the molecule is CC(C)(C)OC(=O)N1CCN(C(N)=NCc2cc(Cl)c3c(c2)OCCO3)CC1. The molecule has 0 saturated carbocycles. The van der Waals surface area contributed by atoms with Gasteiger partial charge in [0.25, 0.3) is 0 Å². The number of nitrogens with zero attached hydrogens (tertiary/aromatic N) is 3. The maximum atomic E-state index is 12.1. The van der Waals surface area contributed by atoms with E-state index in [-0.39, 0.29) is 6.09 Å². The van der Waals surface area contributed by atoms with Crippen molar-refractivity contribution in [2.45, 2.75) is 32.9 Å². The van der Waals surface area contributed by atoms with E-state index in [0.717, 1.165) is 5.56 Å². The number of hydrogen-bond acceptors (Lipinski definition) is 5. The summed E-state index contributed by atoms with van der Waals surface area (Å²) in [6.07, 6.45) is -0.298. The van der Waals surface area contributed by atoms with Gasteiger partial charge in [-0.15, -0.1) is 0 Å². The molecule has 0 radical (unpaired) electrons. The molecule has 154 valence electrons. The molecule has 1 saturated heterocycles. The van der Waals surface area contributed by atoms with Crippen molar-refractivity contribution >= 4 is 23.7 Å². The van der Waals surface area contributed by atoms with E-state index in [1.807, 2.05) is 37.8 Å². The second-order valence-corrected chi connectivity index (χ2v) is 8.14. The molecular weight excluding hydrogens is 384 g/mol. The highest BCUT2D eigenvalue weighted by molar-refractivity contribution is 6.32. The van der Waals surface area contributed by atoms with Crippen LogP contribution in [-0.4, -0.2) is 66.8 Å². The number of fused-ring (bicyclic) bond motifs is 1. The minimum atomic E-state index is -0.500. The summed E-state index contributed by atoms with van der Waals surface area (Å²) in [5, 5.41) is 0.506. The third kappa shape index (κ3) is 5.13. The molecule has 2 aliphatic rings. The van der Waals surface area contributed by atoms with Crippen LogP contribution in [0.25, 0.3) is 0 Å². The van der Waals surface area contributed by atoms with Gasteiger partial charge in [-0.3, -0.25) is 0 Å². The van der Waals surface area contributed by atoms with Crippen molar-refractivity contribution in [3.63, 3.8) is 0 Å². The fourth-order valence-corrected chi connectivity index (χ4v) is 3.26. The number of halogens is 1. The third-order valence-corrected chi connectivity index (χ3v) is 4.62. The molecule has 2 N–H and O–H groups in total. The Morgan fingerprint density at radius 3 is 2.50 bits per heavy atom. The highest BCUT2D eigenvalue weighted by atomic mass is 35.5. The molecule has 0 unspecified atom stereocenters. The lowest BCUT2D eigenvalue weighted by atomic mass is 10.2. The van der Waals surface area contributed by atoms with E-state index < -0.39 is 5.60 Å². The van der Waals surface area contributed by atoms with Crippen LogP contribution in [-0.2, 0) is 11.3 Å². The lowest BCUT2D eigenvalue weighted by Crippen LogP contribution is -2.53. The zero-order valence-electron chi connectivity index (χ0n) is 16.5. The molecule has 0 aromatic heterocycles. The molecule has 1 amide bonds. The zero-order chi connectivity index (χ0) is 20.3. The molecule has 2 heterocycles. The molecule has 8 nitrogen and oxygen atoms in total. The normalized spacial score (nSPS) is 17.5. The molecule has 0 bridgehead atoms. The van der Waals surface area contributed by atoms with E-state index in [2.05, 4.69) is 4.99 Å². The van der Waals surface area contributed by atoms with Crippen LogP contribution in [0.1, 0.15) is 26.3 Å². The Morgan fingerprint density at radius 2 is 1.82 bits per heavy atom. The average Bonchev–Trinajstić information content (AvgIpc) is 2.65. The van der Waals surface area contributed by atoms with Crippen LogP contribution >= 0.6 is 11.6 Å². The van der Waals surface area contributed by atoms with E-state index in [1.165, 1.54) is 0 Å². The molecule has 0 aliphatic carbocycles. The number of aliphatic imine (C=N–C) groups is 1. The Kier molecular flexibility index (Phi) is 6.07. The second kappa shape index (κ2) is 8.34. The summed E-state index contributed by atoms with van der Waals surface area (Å²) in [6.45, 7) is 9.25. The lowest BCUT2D eigenvalue weighted by molar-refractivity contribution is 0.0186. The van der Waals surface area contributed by atoms with Crippen molar-refractivity contribution in [3.05, 3.63) is 22.7 Å². The minimum Gasteiger partial charge on any atom is -0.486 e. The summed E-state index contributed by atoms with van der Waals surface area (Å²) in [7, 11) is 0. The van der Waals surface area contributed by atoms with Gasteiger partial charge in [0.1, 0.15) is 18.8 Å². The summed E-state index contributed by atoms with van der Waals surface area (Å²) in [6, 6.07) is 3.68. The first-order valence-electron chi connectivity index (χ1n) is 9.34. The fraction of sp³-hybridized carbons (Fsp3) is 0.579. The van der Waals surface area contributed by atoms with Crippen LogP contribution in [0.4, 0.5) is 4.79 Å². The van der Waals surface area contributed by atoms with Gasteiger partial charge in [-0.2, -0.15) is 0 Å². The van der Waals surface area contributed by atoms with Crippen LogP contribution in [0.15, 0.2) is 17.1 Å². The lowest BCUT2D eigenvalue weighted by Gasteiger charge is -2.36. The standard InChI is InChI=1S/C19H27ClN4O4/c1-19(2,3)28-18(25)24-6-4-23(5-7-24)17(21)22-12-13-10-14(20)16-15(11-13)26-8-9-27-16/h10-11H,4-9,12H2,1-3H3,(H2,21,22). The monoisotopic (exact) mass is 410 g/mol. The van der Waals surface area contributed by atoms with E-state index in [1.54, 1.807) is 4.90 Å². The highest BCUT2D eigenvalue weighted by Gasteiger charge is 2.26. The van der Waals surface area contributed by atoms with Crippen molar-refractivity contribution in [2.75, 3.05) is 39.4 Å². The zero-order valence-corrected chi connectivity index (χ0v) is 17.3. The van der Waals surface area contributed by atoms with Gasteiger partial charge in [0.15, 0.2) is 17.5 Å². The van der Waals surface area contributed by atoms with Crippen LogP contribution in [0.3, 0.4) is 0 Å². The molecule has 9 heteroatoms.